The molecule has 1 aromatic carbocycles. The molecule has 0 radical (unpaired) electrons. The lowest BCUT2D eigenvalue weighted by atomic mass is 10.1. The fraction of sp³-hybridized carbons (Fsp3) is 0.125. The molecule has 0 aliphatic heterocycles. The van der Waals surface area contributed by atoms with Crippen LogP contribution in [0.3, 0.4) is 0 Å². The highest BCUT2D eigenvalue weighted by molar-refractivity contribution is 6.35. The molecule has 0 bridgehead atoms. The number of halogens is 3. The number of amidine groups is 1. The molecule has 3 N–H and O–H groups in total. The van der Waals surface area contributed by atoms with Gasteiger partial charge in [-0.25, -0.2) is 0 Å². The Hall–Kier alpha value is -0.640. The molecule has 14 heavy (non-hydrogen) atoms. The van der Waals surface area contributed by atoms with Crippen molar-refractivity contribution in [3.05, 3.63) is 33.8 Å². The second-order valence-electron chi connectivity index (χ2n) is 2.50. The molecule has 0 heterocycles. The van der Waals surface area contributed by atoms with Gasteiger partial charge in [0.25, 0.3) is 0 Å². The molecule has 3 nitrogen and oxygen atoms in total. The van der Waals surface area contributed by atoms with Crippen molar-refractivity contribution in [1.29, 1.82) is 0 Å². The average Bonchev–Trinajstić information content (AvgIpc) is 2.09. The minimum atomic E-state index is 0. The molecule has 78 valence electrons. The summed E-state index contributed by atoms with van der Waals surface area (Å²) in [5.41, 5.74) is 6.10. The SMILES string of the molecule is Cl.NC(Cc1ccc(Cl)cc1Cl)=NO. The van der Waals surface area contributed by atoms with Crippen LogP contribution >= 0.6 is 35.6 Å². The van der Waals surface area contributed by atoms with E-state index in [0.717, 1.165) is 5.56 Å². The van der Waals surface area contributed by atoms with Crippen LogP contribution in [-0.2, 0) is 6.42 Å². The highest BCUT2D eigenvalue weighted by Gasteiger charge is 2.03. The minimum Gasteiger partial charge on any atom is -0.409 e. The van der Waals surface area contributed by atoms with Gasteiger partial charge < -0.3 is 10.9 Å². The van der Waals surface area contributed by atoms with Crippen molar-refractivity contribution >= 4 is 41.4 Å². The molecule has 0 fully saturated rings. The van der Waals surface area contributed by atoms with Crippen LogP contribution in [0.2, 0.25) is 10.0 Å². The van der Waals surface area contributed by atoms with Crippen LogP contribution in [0.5, 0.6) is 0 Å². The van der Waals surface area contributed by atoms with Crippen LogP contribution in [0, 0.1) is 0 Å². The van der Waals surface area contributed by atoms with Gasteiger partial charge in [0.05, 0.1) is 0 Å². The van der Waals surface area contributed by atoms with Gasteiger partial charge in [0.15, 0.2) is 0 Å². The molecular weight excluding hydrogens is 246 g/mol. The first kappa shape index (κ1) is 13.4. The zero-order valence-electron chi connectivity index (χ0n) is 7.08. The number of benzene rings is 1. The summed E-state index contributed by atoms with van der Waals surface area (Å²) in [6.45, 7) is 0. The lowest BCUT2D eigenvalue weighted by Crippen LogP contribution is -2.14. The van der Waals surface area contributed by atoms with E-state index in [9.17, 15) is 0 Å². The smallest absolute Gasteiger partial charge is 0.143 e. The normalized spacial score (nSPS) is 10.9. The molecular formula is C8H9Cl3N2O. The van der Waals surface area contributed by atoms with Gasteiger partial charge in [-0.05, 0) is 17.7 Å². The van der Waals surface area contributed by atoms with E-state index < -0.39 is 0 Å². The maximum atomic E-state index is 8.34. The second-order valence-corrected chi connectivity index (χ2v) is 3.35. The summed E-state index contributed by atoms with van der Waals surface area (Å²) in [5, 5.41) is 12.3. The fourth-order valence-corrected chi connectivity index (χ4v) is 1.37. The highest BCUT2D eigenvalue weighted by Crippen LogP contribution is 2.21. The van der Waals surface area contributed by atoms with Crippen LogP contribution in [0.1, 0.15) is 5.56 Å². The van der Waals surface area contributed by atoms with E-state index in [0.29, 0.717) is 16.5 Å². The minimum absolute atomic E-state index is 0. The van der Waals surface area contributed by atoms with Gasteiger partial charge in [-0.15, -0.1) is 12.4 Å². The average molecular weight is 256 g/mol. The predicted octanol–water partition coefficient (Wildman–Crippen LogP) is 2.70. The van der Waals surface area contributed by atoms with Gasteiger partial charge in [-0.3, -0.25) is 0 Å². The van der Waals surface area contributed by atoms with E-state index in [1.807, 2.05) is 0 Å². The third-order valence-corrected chi connectivity index (χ3v) is 2.10. The van der Waals surface area contributed by atoms with E-state index in [-0.39, 0.29) is 18.2 Å². The van der Waals surface area contributed by atoms with E-state index in [1.54, 1.807) is 18.2 Å². The van der Waals surface area contributed by atoms with Crippen molar-refractivity contribution in [3.8, 4) is 0 Å². The summed E-state index contributed by atoms with van der Waals surface area (Å²) >= 11 is 11.5. The summed E-state index contributed by atoms with van der Waals surface area (Å²) in [6, 6.07) is 5.05. The molecule has 0 saturated carbocycles. The number of rotatable bonds is 2. The Balaban J connectivity index is 0.00000169. The number of hydrogen-bond donors (Lipinski definition) is 2. The van der Waals surface area contributed by atoms with Crippen molar-refractivity contribution in [2.24, 2.45) is 10.9 Å². The first-order valence-corrected chi connectivity index (χ1v) is 4.29. The number of nitrogens with two attached hydrogens (primary N) is 1. The maximum absolute atomic E-state index is 8.34. The topological polar surface area (TPSA) is 58.6 Å². The predicted molar refractivity (Wildman–Crippen MR) is 60.8 cm³/mol. The first-order valence-electron chi connectivity index (χ1n) is 3.54. The molecule has 0 unspecified atom stereocenters. The third kappa shape index (κ3) is 3.62. The lowest BCUT2D eigenvalue weighted by Gasteiger charge is -2.02. The molecule has 0 amide bonds. The van der Waals surface area contributed by atoms with Crippen molar-refractivity contribution in [1.82, 2.24) is 0 Å². The quantitative estimate of drug-likeness (QED) is 0.369. The van der Waals surface area contributed by atoms with Crippen molar-refractivity contribution in [2.75, 3.05) is 0 Å². The molecule has 0 spiro atoms. The van der Waals surface area contributed by atoms with Crippen LogP contribution in [0.15, 0.2) is 23.4 Å². The Bertz CT molecular complexity index is 341. The fourth-order valence-electron chi connectivity index (χ4n) is 0.896. The molecule has 1 aromatic rings. The standard InChI is InChI=1S/C8H8Cl2N2O.ClH/c9-6-2-1-5(7(10)4-6)3-8(11)12-13;/h1-2,4,13H,3H2,(H2,11,12);1H. The number of oxime groups is 1. The van der Waals surface area contributed by atoms with Crippen molar-refractivity contribution in [2.45, 2.75) is 6.42 Å². The van der Waals surface area contributed by atoms with Gasteiger partial charge in [0.1, 0.15) is 5.84 Å². The number of hydrogen-bond acceptors (Lipinski definition) is 2. The van der Waals surface area contributed by atoms with Crippen molar-refractivity contribution in [3.63, 3.8) is 0 Å². The van der Waals surface area contributed by atoms with E-state index in [4.69, 9.17) is 34.1 Å². The van der Waals surface area contributed by atoms with Crippen LogP contribution in [0.25, 0.3) is 0 Å². The van der Waals surface area contributed by atoms with Gasteiger partial charge in [0.2, 0.25) is 0 Å². The van der Waals surface area contributed by atoms with E-state index in [1.165, 1.54) is 0 Å². The molecule has 0 aromatic heterocycles. The Labute approximate surface area is 97.9 Å². The molecule has 0 saturated heterocycles. The lowest BCUT2D eigenvalue weighted by molar-refractivity contribution is 0.317. The molecule has 0 aliphatic carbocycles. The Morgan fingerprint density at radius 1 is 1.43 bits per heavy atom. The summed E-state index contributed by atoms with van der Waals surface area (Å²) in [6.07, 6.45) is 0.312. The van der Waals surface area contributed by atoms with Gasteiger partial charge in [0, 0.05) is 16.5 Å². The Morgan fingerprint density at radius 2 is 2.07 bits per heavy atom. The second kappa shape index (κ2) is 5.96. The molecule has 1 rings (SSSR count). The Morgan fingerprint density at radius 3 is 2.57 bits per heavy atom. The van der Waals surface area contributed by atoms with Crippen LogP contribution < -0.4 is 5.73 Å². The summed E-state index contributed by atoms with van der Waals surface area (Å²) in [4.78, 5) is 0. The largest absolute Gasteiger partial charge is 0.409 e. The summed E-state index contributed by atoms with van der Waals surface area (Å²) in [7, 11) is 0. The first-order chi connectivity index (χ1) is 6.13. The third-order valence-electron chi connectivity index (χ3n) is 1.52. The van der Waals surface area contributed by atoms with Crippen LogP contribution in [0.4, 0.5) is 0 Å². The van der Waals surface area contributed by atoms with Gasteiger partial charge in [-0.2, -0.15) is 0 Å². The maximum Gasteiger partial charge on any atom is 0.143 e. The highest BCUT2D eigenvalue weighted by atomic mass is 35.5. The number of nitrogens with zero attached hydrogens (tertiary/aromatic N) is 1. The summed E-state index contributed by atoms with van der Waals surface area (Å²) < 4.78 is 0. The molecule has 0 atom stereocenters. The monoisotopic (exact) mass is 254 g/mol. The molecule has 0 aliphatic rings. The zero-order valence-corrected chi connectivity index (χ0v) is 9.40. The molecule has 6 heteroatoms. The zero-order chi connectivity index (χ0) is 9.84. The van der Waals surface area contributed by atoms with Crippen molar-refractivity contribution < 1.29 is 5.21 Å². The summed E-state index contributed by atoms with van der Waals surface area (Å²) in [5.74, 6) is 0.115. The Kier molecular flexibility index (Phi) is 5.69. The van der Waals surface area contributed by atoms with Crippen LogP contribution in [-0.4, -0.2) is 11.0 Å². The van der Waals surface area contributed by atoms with Gasteiger partial charge in [-0.1, -0.05) is 34.4 Å². The van der Waals surface area contributed by atoms with E-state index in [2.05, 4.69) is 5.16 Å². The van der Waals surface area contributed by atoms with Gasteiger partial charge >= 0.3 is 0 Å². The van der Waals surface area contributed by atoms with E-state index >= 15 is 0 Å².